The number of piperazine rings is 1. The molecular weight excluding hydrogens is 630 g/mol. The lowest BCUT2D eigenvalue weighted by Crippen LogP contribution is -2.46. The predicted molar refractivity (Wildman–Crippen MR) is 174 cm³/mol. The van der Waals surface area contributed by atoms with Gasteiger partial charge in [-0.15, -0.1) is 0 Å². The van der Waals surface area contributed by atoms with Crippen LogP contribution in [0, 0.1) is 11.6 Å². The predicted octanol–water partition coefficient (Wildman–Crippen LogP) is 5.42. The van der Waals surface area contributed by atoms with Crippen LogP contribution in [0.2, 0.25) is 5.02 Å². The van der Waals surface area contributed by atoms with Gasteiger partial charge in [0.15, 0.2) is 11.5 Å². The average molecular weight is 665 g/mol. The van der Waals surface area contributed by atoms with E-state index in [1.165, 1.54) is 24.5 Å². The number of hydrogen-bond donors (Lipinski definition) is 2. The van der Waals surface area contributed by atoms with Crippen LogP contribution >= 0.6 is 11.6 Å². The molecule has 0 aliphatic carbocycles. The Hall–Kier alpha value is -4.39. The zero-order chi connectivity index (χ0) is 32.9. The minimum absolute atomic E-state index is 0.00850. The first kappa shape index (κ1) is 32.5. The summed E-state index contributed by atoms with van der Waals surface area (Å²) in [5.41, 5.74) is 2.44. The van der Waals surface area contributed by atoms with E-state index in [0.29, 0.717) is 59.0 Å². The van der Waals surface area contributed by atoms with Crippen molar-refractivity contribution < 1.29 is 27.8 Å². The molecule has 0 radical (unpaired) electrons. The summed E-state index contributed by atoms with van der Waals surface area (Å²) >= 11 is 5.95. The molecule has 2 saturated heterocycles. The number of methoxy groups -OCH3 is 1. The molecular formula is C34H35ClF2N6O4. The van der Waals surface area contributed by atoms with Gasteiger partial charge >= 0.3 is 0 Å². The van der Waals surface area contributed by atoms with Gasteiger partial charge in [0.25, 0.3) is 0 Å². The maximum Gasteiger partial charge on any atom is 0.234 e. The molecule has 1 aromatic heterocycles. The van der Waals surface area contributed by atoms with Crippen LogP contribution in [0.1, 0.15) is 36.3 Å². The molecule has 10 nitrogen and oxygen atoms in total. The molecule has 246 valence electrons. The molecule has 1 atom stereocenters. The monoisotopic (exact) mass is 664 g/mol. The van der Waals surface area contributed by atoms with Crippen LogP contribution in [-0.4, -0.2) is 78.0 Å². The van der Waals surface area contributed by atoms with E-state index < -0.39 is 23.5 Å². The van der Waals surface area contributed by atoms with Crippen molar-refractivity contribution in [3.05, 3.63) is 82.6 Å². The summed E-state index contributed by atoms with van der Waals surface area (Å²) in [5.74, 6) is -0.635. The first-order valence-corrected chi connectivity index (χ1v) is 15.9. The lowest BCUT2D eigenvalue weighted by Gasteiger charge is -2.34. The molecule has 0 spiro atoms. The second-order valence-electron chi connectivity index (χ2n) is 11.7. The van der Waals surface area contributed by atoms with E-state index in [9.17, 15) is 18.4 Å². The normalized spacial score (nSPS) is 17.5. The molecule has 1 unspecified atom stereocenters. The second kappa shape index (κ2) is 14.6. The summed E-state index contributed by atoms with van der Waals surface area (Å²) in [5, 5.41) is 6.20. The lowest BCUT2D eigenvalue weighted by molar-refractivity contribution is -0.134. The summed E-state index contributed by atoms with van der Waals surface area (Å²) in [6, 6.07) is 13.1. The van der Waals surface area contributed by atoms with Crippen molar-refractivity contribution in [3.8, 4) is 11.5 Å². The van der Waals surface area contributed by atoms with Crippen LogP contribution in [0.3, 0.4) is 0 Å². The Labute approximate surface area is 276 Å². The molecule has 4 aromatic rings. The van der Waals surface area contributed by atoms with Gasteiger partial charge in [0.2, 0.25) is 11.8 Å². The molecule has 0 saturated carbocycles. The van der Waals surface area contributed by atoms with Gasteiger partial charge in [-0.3, -0.25) is 19.8 Å². The maximum absolute atomic E-state index is 14.9. The van der Waals surface area contributed by atoms with E-state index in [1.54, 1.807) is 25.3 Å². The number of hydrogen-bond acceptors (Lipinski definition) is 9. The Morgan fingerprint density at radius 1 is 0.979 bits per heavy atom. The van der Waals surface area contributed by atoms with Crippen molar-refractivity contribution in [3.63, 3.8) is 0 Å². The van der Waals surface area contributed by atoms with Crippen molar-refractivity contribution in [1.29, 1.82) is 0 Å². The molecule has 3 heterocycles. The largest absolute Gasteiger partial charge is 0.493 e. The van der Waals surface area contributed by atoms with Crippen molar-refractivity contribution >= 4 is 45.8 Å². The number of aromatic nitrogens is 2. The van der Waals surface area contributed by atoms with Gasteiger partial charge < -0.3 is 19.7 Å². The number of carbonyl (C=O) groups is 2. The fraction of sp³-hybridized carbons (Fsp3) is 0.353. The lowest BCUT2D eigenvalue weighted by atomic mass is 9.89. The van der Waals surface area contributed by atoms with Gasteiger partial charge in [-0.2, -0.15) is 0 Å². The van der Waals surface area contributed by atoms with Gasteiger partial charge in [-0.05, 0) is 48.7 Å². The first-order chi connectivity index (χ1) is 22.8. The molecule has 6 rings (SSSR count). The van der Waals surface area contributed by atoms with E-state index in [1.807, 2.05) is 12.1 Å². The van der Waals surface area contributed by atoms with Gasteiger partial charge in [0.05, 0.1) is 30.2 Å². The van der Waals surface area contributed by atoms with Crippen LogP contribution < -0.4 is 20.1 Å². The zero-order valence-electron chi connectivity index (χ0n) is 25.9. The Morgan fingerprint density at radius 3 is 2.53 bits per heavy atom. The summed E-state index contributed by atoms with van der Waals surface area (Å²) < 4.78 is 40.3. The molecule has 3 aromatic carbocycles. The summed E-state index contributed by atoms with van der Waals surface area (Å²) in [6.07, 6.45) is 2.79. The Bertz CT molecular complexity index is 1790. The molecule has 2 N–H and O–H groups in total. The molecule has 2 amide bonds. The number of nitrogens with zero attached hydrogens (tertiary/aromatic N) is 4. The highest BCUT2D eigenvalue weighted by atomic mass is 35.5. The van der Waals surface area contributed by atoms with Crippen LogP contribution in [0.5, 0.6) is 11.5 Å². The van der Waals surface area contributed by atoms with Crippen LogP contribution in [0.25, 0.3) is 10.9 Å². The fourth-order valence-corrected chi connectivity index (χ4v) is 6.17. The maximum atomic E-state index is 14.9. The quantitative estimate of drug-likeness (QED) is 0.161. The number of ether oxygens (including phenoxy) is 2. The number of carbonyl (C=O) groups excluding carboxylic acids is 2. The molecule has 2 aliphatic rings. The summed E-state index contributed by atoms with van der Waals surface area (Å²) in [7, 11) is 1.58. The van der Waals surface area contributed by atoms with E-state index >= 15 is 0 Å². The van der Waals surface area contributed by atoms with Gasteiger partial charge in [-0.25, -0.2) is 18.7 Å². The van der Waals surface area contributed by atoms with Crippen molar-refractivity contribution in [2.24, 2.45) is 0 Å². The topological polar surface area (TPSA) is 109 Å². The number of benzene rings is 3. The third-order valence-electron chi connectivity index (χ3n) is 8.53. The van der Waals surface area contributed by atoms with Crippen molar-refractivity contribution in [2.75, 3.05) is 51.8 Å². The minimum Gasteiger partial charge on any atom is -0.493 e. The first-order valence-electron chi connectivity index (χ1n) is 15.5. The molecule has 2 aliphatic heterocycles. The number of amides is 2. The third kappa shape index (κ3) is 7.78. The Balaban J connectivity index is 0.989. The Morgan fingerprint density at radius 2 is 1.79 bits per heavy atom. The Kier molecular flexibility index (Phi) is 10.1. The SMILES string of the molecule is COc1cc2ncnc(Nc3ccc(F)c(Cl)c3)c2cc1OCCCN1CCN(Cc2ccc(C3CCC(=O)NC3=O)c(F)c2)CC1. The average Bonchev–Trinajstić information content (AvgIpc) is 3.06. The number of piperidine rings is 1. The highest BCUT2D eigenvalue weighted by Crippen LogP contribution is 2.35. The molecule has 0 bridgehead atoms. The number of halogens is 3. The van der Waals surface area contributed by atoms with Crippen LogP contribution in [0.15, 0.2) is 54.9 Å². The third-order valence-corrected chi connectivity index (χ3v) is 8.82. The molecule has 13 heteroatoms. The fourth-order valence-electron chi connectivity index (χ4n) is 5.99. The summed E-state index contributed by atoms with van der Waals surface area (Å²) in [6.45, 7) is 5.44. The van der Waals surface area contributed by atoms with Crippen LogP contribution in [-0.2, 0) is 16.1 Å². The molecule has 47 heavy (non-hydrogen) atoms. The molecule has 2 fully saturated rings. The van der Waals surface area contributed by atoms with Gasteiger partial charge in [0, 0.05) is 68.4 Å². The van der Waals surface area contributed by atoms with Crippen molar-refractivity contribution in [1.82, 2.24) is 25.1 Å². The van der Waals surface area contributed by atoms with E-state index in [2.05, 4.69) is 30.4 Å². The minimum atomic E-state index is -0.631. The second-order valence-corrected chi connectivity index (χ2v) is 12.1. The highest BCUT2D eigenvalue weighted by molar-refractivity contribution is 6.31. The highest BCUT2D eigenvalue weighted by Gasteiger charge is 2.30. The smallest absolute Gasteiger partial charge is 0.234 e. The van der Waals surface area contributed by atoms with Gasteiger partial charge in [0.1, 0.15) is 23.8 Å². The number of nitrogens with one attached hydrogen (secondary N) is 2. The zero-order valence-corrected chi connectivity index (χ0v) is 26.7. The van der Waals surface area contributed by atoms with E-state index in [-0.39, 0.29) is 17.4 Å². The number of imide groups is 1. The van der Waals surface area contributed by atoms with E-state index in [0.717, 1.165) is 44.7 Å². The van der Waals surface area contributed by atoms with Gasteiger partial charge in [-0.1, -0.05) is 23.7 Å². The summed E-state index contributed by atoms with van der Waals surface area (Å²) in [4.78, 5) is 37.0. The number of anilines is 2. The standard InChI is InChI=1S/C34H35ClF2N6O4/c1-46-30-18-29-25(33(39-20-38-29)40-22-4-7-27(36)26(35)16-22)17-31(30)47-14-2-9-42-10-12-43(13-11-42)19-21-3-5-23(28(37)15-21)24-6-8-32(44)41-34(24)45/h3-5,7,15-18,20,24H,2,6,8-14,19H2,1H3,(H,38,39,40)(H,41,44,45). The number of fused-ring (bicyclic) bond motifs is 1. The van der Waals surface area contributed by atoms with Crippen molar-refractivity contribution in [2.45, 2.75) is 31.7 Å². The van der Waals surface area contributed by atoms with E-state index in [4.69, 9.17) is 21.1 Å². The number of rotatable bonds is 11. The van der Waals surface area contributed by atoms with Crippen LogP contribution in [0.4, 0.5) is 20.3 Å².